The largest absolute Gasteiger partial charge is 0.393 e. The van der Waals surface area contributed by atoms with Gasteiger partial charge in [0.25, 0.3) is 5.56 Å². The lowest BCUT2D eigenvalue weighted by molar-refractivity contribution is -0.0239. The number of H-pyrrole nitrogens is 1. The molecule has 1 aromatic rings. The minimum atomic E-state index is -1.33. The number of ether oxygens (including phenoxy) is 1. The van der Waals surface area contributed by atoms with E-state index in [0.717, 1.165) is 0 Å². The Balaban J connectivity index is 2.34. The van der Waals surface area contributed by atoms with E-state index in [4.69, 9.17) is 9.84 Å². The molecule has 3 N–H and O–H groups in total. The molecule has 0 bridgehead atoms. The molecule has 0 radical (unpaired) electrons. The molecule has 1 fully saturated rings. The topological polar surface area (TPSA) is 105 Å². The number of aliphatic hydroxyl groups is 2. The standard InChI is InChI=1S/C10H14N2O5/c1-6-3-12(9(15)11-8(6)14)7-2-10(16,4-13)5-17-7/h3,7,13,16H,2,4-5H2,1H3,(H,11,14,15)/t7-,10-/m0/s1. The second kappa shape index (κ2) is 4.10. The normalized spacial score (nSPS) is 28.5. The fourth-order valence-electron chi connectivity index (χ4n) is 1.78. The number of aliphatic hydroxyl groups excluding tert-OH is 1. The Morgan fingerprint density at radius 2 is 2.35 bits per heavy atom. The predicted octanol–water partition coefficient (Wildman–Crippen LogP) is -1.51. The third-order valence-corrected chi connectivity index (χ3v) is 2.85. The molecule has 0 saturated carbocycles. The molecule has 2 atom stereocenters. The van der Waals surface area contributed by atoms with E-state index in [-0.39, 0.29) is 13.0 Å². The molecule has 0 aromatic carbocycles. The second-order valence-corrected chi connectivity index (χ2v) is 4.33. The summed E-state index contributed by atoms with van der Waals surface area (Å²) < 4.78 is 6.46. The van der Waals surface area contributed by atoms with E-state index in [1.807, 2.05) is 0 Å². The van der Waals surface area contributed by atoms with Crippen LogP contribution in [0.1, 0.15) is 18.2 Å². The highest BCUT2D eigenvalue weighted by Crippen LogP contribution is 2.29. The quantitative estimate of drug-likeness (QED) is 0.584. The van der Waals surface area contributed by atoms with Crippen LogP contribution in [0.25, 0.3) is 0 Å². The number of hydrogen-bond donors (Lipinski definition) is 3. The van der Waals surface area contributed by atoms with Crippen LogP contribution in [-0.4, -0.2) is 38.6 Å². The van der Waals surface area contributed by atoms with E-state index in [2.05, 4.69) is 4.98 Å². The smallest absolute Gasteiger partial charge is 0.330 e. The van der Waals surface area contributed by atoms with Crippen molar-refractivity contribution in [1.29, 1.82) is 0 Å². The molecule has 7 heteroatoms. The predicted molar refractivity (Wildman–Crippen MR) is 57.7 cm³/mol. The summed E-state index contributed by atoms with van der Waals surface area (Å²) in [5.74, 6) is 0. The third kappa shape index (κ3) is 2.17. The Morgan fingerprint density at radius 3 is 2.94 bits per heavy atom. The molecule has 0 aliphatic carbocycles. The van der Waals surface area contributed by atoms with Crippen LogP contribution >= 0.6 is 0 Å². The first-order valence-electron chi connectivity index (χ1n) is 5.22. The van der Waals surface area contributed by atoms with Gasteiger partial charge in [-0.1, -0.05) is 0 Å². The number of rotatable bonds is 2. The summed E-state index contributed by atoms with van der Waals surface area (Å²) >= 11 is 0. The molecule has 0 unspecified atom stereocenters. The number of hydrogen-bond acceptors (Lipinski definition) is 5. The van der Waals surface area contributed by atoms with Gasteiger partial charge in [0.05, 0.1) is 13.2 Å². The molecule has 2 rings (SSSR count). The third-order valence-electron chi connectivity index (χ3n) is 2.85. The van der Waals surface area contributed by atoms with Crippen molar-refractivity contribution in [3.8, 4) is 0 Å². The van der Waals surface area contributed by atoms with Crippen LogP contribution in [0.15, 0.2) is 15.8 Å². The van der Waals surface area contributed by atoms with Crippen molar-refractivity contribution >= 4 is 0 Å². The van der Waals surface area contributed by atoms with Gasteiger partial charge in [-0.05, 0) is 6.92 Å². The SMILES string of the molecule is Cc1cn([C@@H]2C[C@](O)(CO)CO2)c(=O)[nH]c1=O. The van der Waals surface area contributed by atoms with E-state index >= 15 is 0 Å². The minimum absolute atomic E-state index is 0.0429. The van der Waals surface area contributed by atoms with Crippen molar-refractivity contribution in [2.75, 3.05) is 13.2 Å². The van der Waals surface area contributed by atoms with Crippen LogP contribution in [0.4, 0.5) is 0 Å². The first-order valence-corrected chi connectivity index (χ1v) is 5.22. The van der Waals surface area contributed by atoms with Gasteiger partial charge in [0.15, 0.2) is 0 Å². The van der Waals surface area contributed by atoms with Gasteiger partial charge in [-0.15, -0.1) is 0 Å². The van der Waals surface area contributed by atoms with Crippen LogP contribution in [0, 0.1) is 6.92 Å². The van der Waals surface area contributed by atoms with Crippen LogP contribution in [0.3, 0.4) is 0 Å². The van der Waals surface area contributed by atoms with E-state index in [1.54, 1.807) is 6.92 Å². The Kier molecular flexibility index (Phi) is 2.90. The molecule has 17 heavy (non-hydrogen) atoms. The van der Waals surface area contributed by atoms with Gasteiger partial charge < -0.3 is 14.9 Å². The van der Waals surface area contributed by atoms with Crippen molar-refractivity contribution in [2.45, 2.75) is 25.2 Å². The molecule has 2 heterocycles. The molecule has 7 nitrogen and oxygen atoms in total. The van der Waals surface area contributed by atoms with Crippen molar-refractivity contribution in [3.05, 3.63) is 32.6 Å². The molecule has 1 aromatic heterocycles. The lowest BCUT2D eigenvalue weighted by atomic mass is 10.0. The number of aromatic nitrogens is 2. The van der Waals surface area contributed by atoms with Gasteiger partial charge in [0.2, 0.25) is 0 Å². The van der Waals surface area contributed by atoms with Gasteiger partial charge in [-0.25, -0.2) is 4.79 Å². The zero-order valence-electron chi connectivity index (χ0n) is 9.34. The van der Waals surface area contributed by atoms with Crippen molar-refractivity contribution in [1.82, 2.24) is 9.55 Å². The van der Waals surface area contributed by atoms with Crippen molar-refractivity contribution < 1.29 is 14.9 Å². The number of aryl methyl sites for hydroxylation is 1. The highest BCUT2D eigenvalue weighted by molar-refractivity contribution is 5.02. The van der Waals surface area contributed by atoms with Crippen LogP contribution < -0.4 is 11.2 Å². The van der Waals surface area contributed by atoms with E-state index in [9.17, 15) is 14.7 Å². The molecule has 1 aliphatic rings. The van der Waals surface area contributed by atoms with E-state index in [0.29, 0.717) is 5.56 Å². The fourth-order valence-corrected chi connectivity index (χ4v) is 1.78. The minimum Gasteiger partial charge on any atom is -0.393 e. The summed E-state index contributed by atoms with van der Waals surface area (Å²) in [4.78, 5) is 24.9. The molecular weight excluding hydrogens is 228 g/mol. The summed E-state index contributed by atoms with van der Waals surface area (Å²) in [5, 5.41) is 18.8. The summed E-state index contributed by atoms with van der Waals surface area (Å²) in [6.45, 7) is 1.10. The van der Waals surface area contributed by atoms with E-state index in [1.165, 1.54) is 10.8 Å². The summed E-state index contributed by atoms with van der Waals surface area (Å²) in [5.41, 5.74) is -1.98. The Bertz CT molecular complexity index is 534. The van der Waals surface area contributed by atoms with Gasteiger partial charge in [0, 0.05) is 18.2 Å². The number of nitrogens with one attached hydrogen (secondary N) is 1. The maximum Gasteiger partial charge on any atom is 0.330 e. The Morgan fingerprint density at radius 1 is 1.65 bits per heavy atom. The monoisotopic (exact) mass is 242 g/mol. The lowest BCUT2D eigenvalue weighted by Gasteiger charge is -2.17. The number of aromatic amines is 1. The van der Waals surface area contributed by atoms with Crippen LogP contribution in [-0.2, 0) is 4.74 Å². The van der Waals surface area contributed by atoms with Crippen LogP contribution in [0.2, 0.25) is 0 Å². The first kappa shape index (κ1) is 12.0. The van der Waals surface area contributed by atoms with Crippen molar-refractivity contribution in [3.63, 3.8) is 0 Å². The summed E-state index contributed by atoms with van der Waals surface area (Å²) in [7, 11) is 0. The van der Waals surface area contributed by atoms with E-state index < -0.39 is 29.7 Å². The average molecular weight is 242 g/mol. The summed E-state index contributed by atoms with van der Waals surface area (Å²) in [6.07, 6.45) is 0.819. The summed E-state index contributed by atoms with van der Waals surface area (Å²) in [6, 6.07) is 0. The van der Waals surface area contributed by atoms with Gasteiger partial charge >= 0.3 is 5.69 Å². The second-order valence-electron chi connectivity index (χ2n) is 4.33. The zero-order valence-corrected chi connectivity index (χ0v) is 9.34. The van der Waals surface area contributed by atoms with Crippen LogP contribution in [0.5, 0.6) is 0 Å². The molecule has 0 spiro atoms. The highest BCUT2D eigenvalue weighted by Gasteiger charge is 2.39. The Labute approximate surface area is 96.3 Å². The highest BCUT2D eigenvalue weighted by atomic mass is 16.5. The lowest BCUT2D eigenvalue weighted by Crippen LogP contribution is -2.35. The molecule has 94 valence electrons. The zero-order chi connectivity index (χ0) is 12.6. The maximum atomic E-state index is 11.6. The van der Waals surface area contributed by atoms with Gasteiger partial charge in [-0.2, -0.15) is 0 Å². The molecule has 1 saturated heterocycles. The molecule has 0 amide bonds. The fraction of sp³-hybridized carbons (Fsp3) is 0.600. The number of nitrogens with zero attached hydrogens (tertiary/aromatic N) is 1. The maximum absolute atomic E-state index is 11.6. The van der Waals surface area contributed by atoms with Gasteiger partial charge in [0.1, 0.15) is 11.8 Å². The Hall–Kier alpha value is -1.44. The van der Waals surface area contributed by atoms with Gasteiger partial charge in [-0.3, -0.25) is 14.3 Å². The molecule has 1 aliphatic heterocycles. The average Bonchev–Trinajstić information content (AvgIpc) is 2.67. The first-order chi connectivity index (χ1) is 7.95. The van der Waals surface area contributed by atoms with Crippen molar-refractivity contribution in [2.24, 2.45) is 0 Å². The molecular formula is C10H14N2O5.